The number of hydrogen-bond acceptors (Lipinski definition) is 5. The van der Waals surface area contributed by atoms with Gasteiger partial charge in [0.05, 0.1) is 12.5 Å². The van der Waals surface area contributed by atoms with Crippen molar-refractivity contribution in [2.45, 2.75) is 62.4 Å². The van der Waals surface area contributed by atoms with Crippen molar-refractivity contribution >= 4 is 23.7 Å². The van der Waals surface area contributed by atoms with Gasteiger partial charge in [-0.05, 0) is 48.8 Å². The van der Waals surface area contributed by atoms with Crippen LogP contribution in [0.25, 0.3) is 11.1 Å². The lowest BCUT2D eigenvalue weighted by molar-refractivity contribution is -0.155. The first-order valence-corrected chi connectivity index (χ1v) is 12.3. The number of esters is 1. The Morgan fingerprint density at radius 3 is 2.29 bits per heavy atom. The van der Waals surface area contributed by atoms with E-state index in [-0.39, 0.29) is 36.6 Å². The number of carbonyl (C=O) groups is 4. The minimum Gasteiger partial charge on any atom is -0.467 e. The Balaban J connectivity index is 1.49. The first-order valence-electron chi connectivity index (χ1n) is 12.3. The Morgan fingerprint density at radius 1 is 0.943 bits per heavy atom. The Kier molecular flexibility index (Phi) is 6.17. The van der Waals surface area contributed by atoms with Gasteiger partial charge in [0.25, 0.3) is 0 Å². The summed E-state index contributed by atoms with van der Waals surface area (Å²) < 4.78 is 4.94. The summed E-state index contributed by atoms with van der Waals surface area (Å²) in [6.45, 7) is 0.441. The number of nitrogens with zero attached hydrogens (tertiary/aromatic N) is 2. The third-order valence-electron chi connectivity index (χ3n) is 7.56. The van der Waals surface area contributed by atoms with E-state index in [0.717, 1.165) is 36.8 Å². The highest BCUT2D eigenvalue weighted by atomic mass is 16.5. The van der Waals surface area contributed by atoms with Gasteiger partial charge in [-0.25, -0.2) is 4.79 Å². The molecule has 2 unspecified atom stereocenters. The topological polar surface area (TPSA) is 84.0 Å². The summed E-state index contributed by atoms with van der Waals surface area (Å²) in [5.41, 5.74) is 1.45. The molecule has 2 aromatic rings. The summed E-state index contributed by atoms with van der Waals surface area (Å²) in [4.78, 5) is 55.8. The van der Waals surface area contributed by atoms with Gasteiger partial charge in [0, 0.05) is 25.4 Å². The zero-order valence-electron chi connectivity index (χ0n) is 19.9. The Bertz CT molecular complexity index is 1140. The molecule has 0 bridgehead atoms. The van der Waals surface area contributed by atoms with Crippen LogP contribution in [0.15, 0.2) is 54.6 Å². The lowest BCUT2D eigenvalue weighted by atomic mass is 9.75. The van der Waals surface area contributed by atoms with Gasteiger partial charge < -0.3 is 9.64 Å². The number of ether oxygens (including phenoxy) is 1. The van der Waals surface area contributed by atoms with Crippen LogP contribution in [0.3, 0.4) is 0 Å². The van der Waals surface area contributed by atoms with Gasteiger partial charge in [0.1, 0.15) is 6.04 Å². The molecule has 182 valence electrons. The van der Waals surface area contributed by atoms with Crippen LogP contribution in [0.5, 0.6) is 0 Å². The standard InChI is InChI=1S/C28H30N2O5/c1-35-26(33)23-9-5-6-16-29(23)24(31)17-28(18-25(32)30(27(28)34)22-14-15-22)21-12-10-20(11-13-21)19-7-3-2-4-8-19/h2-4,7-8,10-13,22-23H,5-6,9,14-18H2,1H3. The predicted molar refractivity (Wildman–Crippen MR) is 129 cm³/mol. The smallest absolute Gasteiger partial charge is 0.328 e. The second-order valence-electron chi connectivity index (χ2n) is 9.80. The molecule has 3 aliphatic rings. The summed E-state index contributed by atoms with van der Waals surface area (Å²) in [7, 11) is 1.32. The van der Waals surface area contributed by atoms with Crippen molar-refractivity contribution < 1.29 is 23.9 Å². The predicted octanol–water partition coefficient (Wildman–Crippen LogP) is 3.46. The lowest BCUT2D eigenvalue weighted by Crippen LogP contribution is -2.51. The number of carbonyl (C=O) groups excluding carboxylic acids is 4. The van der Waals surface area contributed by atoms with Crippen LogP contribution in [0.4, 0.5) is 0 Å². The molecule has 2 saturated heterocycles. The highest BCUT2D eigenvalue weighted by Crippen LogP contribution is 2.45. The number of rotatable bonds is 6. The minimum absolute atomic E-state index is 0.0323. The van der Waals surface area contributed by atoms with E-state index in [2.05, 4.69) is 0 Å². The molecule has 3 fully saturated rings. The fourth-order valence-electron chi connectivity index (χ4n) is 5.51. The Labute approximate surface area is 205 Å². The maximum absolute atomic E-state index is 13.8. The molecule has 0 N–H and O–H groups in total. The van der Waals surface area contributed by atoms with Gasteiger partial charge in [-0.2, -0.15) is 0 Å². The van der Waals surface area contributed by atoms with Gasteiger partial charge >= 0.3 is 5.97 Å². The Hall–Kier alpha value is -3.48. The van der Waals surface area contributed by atoms with Crippen molar-refractivity contribution in [1.29, 1.82) is 0 Å². The first kappa shape index (κ1) is 23.3. The average Bonchev–Trinajstić information content (AvgIpc) is 3.69. The van der Waals surface area contributed by atoms with Gasteiger partial charge in [0.15, 0.2) is 0 Å². The molecule has 2 aromatic carbocycles. The summed E-state index contributed by atoms with van der Waals surface area (Å²) in [5.74, 6) is -1.24. The average molecular weight is 475 g/mol. The zero-order chi connectivity index (χ0) is 24.6. The number of methoxy groups -OCH3 is 1. The number of benzene rings is 2. The maximum Gasteiger partial charge on any atom is 0.328 e. The van der Waals surface area contributed by atoms with Crippen molar-refractivity contribution in [3.8, 4) is 11.1 Å². The normalized spacial score (nSPS) is 24.5. The number of imide groups is 1. The highest BCUT2D eigenvalue weighted by Gasteiger charge is 2.57. The van der Waals surface area contributed by atoms with Crippen LogP contribution in [0.1, 0.15) is 50.5 Å². The first-order chi connectivity index (χ1) is 16.9. The van der Waals surface area contributed by atoms with E-state index in [1.54, 1.807) is 4.90 Å². The van der Waals surface area contributed by atoms with Gasteiger partial charge in [-0.3, -0.25) is 19.3 Å². The molecule has 7 nitrogen and oxygen atoms in total. The molecule has 2 heterocycles. The summed E-state index contributed by atoms with van der Waals surface area (Å²) in [5, 5.41) is 0. The van der Waals surface area contributed by atoms with E-state index >= 15 is 0 Å². The molecule has 35 heavy (non-hydrogen) atoms. The summed E-state index contributed by atoms with van der Waals surface area (Å²) >= 11 is 0. The third-order valence-corrected chi connectivity index (χ3v) is 7.56. The fourth-order valence-corrected chi connectivity index (χ4v) is 5.51. The van der Waals surface area contributed by atoms with Crippen LogP contribution in [-0.2, 0) is 29.3 Å². The summed E-state index contributed by atoms with van der Waals surface area (Å²) in [6.07, 6.45) is 3.62. The Morgan fingerprint density at radius 2 is 1.63 bits per heavy atom. The van der Waals surface area contributed by atoms with Crippen molar-refractivity contribution in [2.24, 2.45) is 0 Å². The van der Waals surface area contributed by atoms with Crippen LogP contribution < -0.4 is 0 Å². The largest absolute Gasteiger partial charge is 0.467 e. The second-order valence-corrected chi connectivity index (χ2v) is 9.80. The van der Waals surface area contributed by atoms with E-state index < -0.39 is 17.4 Å². The fraction of sp³-hybridized carbons (Fsp3) is 0.429. The van der Waals surface area contributed by atoms with Gasteiger partial charge in [0.2, 0.25) is 17.7 Å². The van der Waals surface area contributed by atoms with Gasteiger partial charge in [-0.1, -0.05) is 54.6 Å². The minimum atomic E-state index is -1.26. The summed E-state index contributed by atoms with van der Waals surface area (Å²) in [6, 6.07) is 16.8. The van der Waals surface area contributed by atoms with E-state index in [1.807, 2.05) is 54.6 Å². The number of amides is 3. The van der Waals surface area contributed by atoms with E-state index in [1.165, 1.54) is 12.0 Å². The highest BCUT2D eigenvalue weighted by molar-refractivity contribution is 6.11. The molecule has 3 amide bonds. The van der Waals surface area contributed by atoms with Crippen LogP contribution in [-0.4, -0.2) is 59.2 Å². The number of hydrogen-bond donors (Lipinski definition) is 0. The molecular formula is C28H30N2O5. The van der Waals surface area contributed by atoms with Gasteiger partial charge in [-0.15, -0.1) is 0 Å². The maximum atomic E-state index is 13.8. The molecule has 7 heteroatoms. The quantitative estimate of drug-likeness (QED) is 0.473. The number of likely N-dealkylation sites (tertiary alicyclic amines) is 2. The molecule has 0 aromatic heterocycles. The number of piperidine rings is 1. The van der Waals surface area contributed by atoms with Crippen molar-refractivity contribution in [3.05, 3.63) is 60.2 Å². The van der Waals surface area contributed by atoms with Crippen molar-refractivity contribution in [1.82, 2.24) is 9.80 Å². The van der Waals surface area contributed by atoms with Crippen LogP contribution in [0.2, 0.25) is 0 Å². The van der Waals surface area contributed by atoms with Crippen molar-refractivity contribution in [3.63, 3.8) is 0 Å². The monoisotopic (exact) mass is 474 g/mol. The molecule has 0 spiro atoms. The molecule has 0 radical (unpaired) electrons. The molecular weight excluding hydrogens is 444 g/mol. The molecule has 1 saturated carbocycles. The van der Waals surface area contributed by atoms with Crippen LogP contribution >= 0.6 is 0 Å². The molecule has 2 atom stereocenters. The molecule has 5 rings (SSSR count). The van der Waals surface area contributed by atoms with Crippen molar-refractivity contribution in [2.75, 3.05) is 13.7 Å². The molecule has 2 aliphatic heterocycles. The second kappa shape index (κ2) is 9.29. The third kappa shape index (κ3) is 4.24. The van der Waals surface area contributed by atoms with Crippen LogP contribution in [0, 0.1) is 0 Å². The van der Waals surface area contributed by atoms with E-state index in [9.17, 15) is 19.2 Å². The lowest BCUT2D eigenvalue weighted by Gasteiger charge is -2.36. The SMILES string of the molecule is COC(=O)C1CCCCN1C(=O)CC1(c2ccc(-c3ccccc3)cc2)CC(=O)N(C2CC2)C1=O. The van der Waals surface area contributed by atoms with E-state index in [0.29, 0.717) is 18.5 Å². The van der Waals surface area contributed by atoms with E-state index in [4.69, 9.17) is 4.74 Å². The zero-order valence-corrected chi connectivity index (χ0v) is 19.9. The molecule has 1 aliphatic carbocycles.